The molecule has 0 spiro atoms. The number of carbonyl (C=O) groups is 2. The minimum absolute atomic E-state index is 0.203. The molecule has 28 heavy (non-hydrogen) atoms. The maximum atomic E-state index is 12.5. The summed E-state index contributed by atoms with van der Waals surface area (Å²) in [7, 11) is 3.07. The third kappa shape index (κ3) is 4.70. The number of hydrogen-bond acceptors (Lipinski definition) is 6. The maximum Gasteiger partial charge on any atom is 0.337 e. The molecule has 0 fully saturated rings. The summed E-state index contributed by atoms with van der Waals surface area (Å²) in [6.45, 7) is 0.494. The number of ether oxygens (including phenoxy) is 1. The van der Waals surface area contributed by atoms with Gasteiger partial charge in [-0.3, -0.25) is 4.79 Å². The Kier molecular flexibility index (Phi) is 5.96. The van der Waals surface area contributed by atoms with Crippen LogP contribution >= 0.6 is 0 Å². The van der Waals surface area contributed by atoms with Crippen molar-refractivity contribution in [3.05, 3.63) is 83.8 Å². The first-order valence-electron chi connectivity index (χ1n) is 8.63. The Labute approximate surface area is 163 Å². The van der Waals surface area contributed by atoms with Gasteiger partial charge in [0.25, 0.3) is 5.91 Å². The molecule has 142 valence electrons. The Hall–Kier alpha value is -3.74. The molecule has 0 atom stereocenters. The Morgan fingerprint density at radius 1 is 1.00 bits per heavy atom. The fraction of sp³-hybridized carbons (Fsp3) is 0.143. The van der Waals surface area contributed by atoms with Crippen LogP contribution in [-0.2, 0) is 11.3 Å². The van der Waals surface area contributed by atoms with E-state index in [9.17, 15) is 9.59 Å². The lowest BCUT2D eigenvalue weighted by atomic mass is 10.2. The summed E-state index contributed by atoms with van der Waals surface area (Å²) in [4.78, 5) is 34.0. The summed E-state index contributed by atoms with van der Waals surface area (Å²) in [5.41, 5.74) is 2.51. The average Bonchev–Trinajstić information content (AvgIpc) is 2.74. The number of aromatic nitrogens is 2. The standard InChI is InChI=1S/C21H20N4O3/c1-25(14-15-6-4-3-5-7-15)20(26)18-12-23-19(13-22-18)24-17-10-8-16(9-11-17)21(27)28-2/h3-13H,14H2,1-2H3,(H,23,24). The van der Waals surface area contributed by atoms with Crippen molar-refractivity contribution in [1.29, 1.82) is 0 Å². The van der Waals surface area contributed by atoms with Crippen LogP contribution in [-0.4, -0.2) is 40.9 Å². The van der Waals surface area contributed by atoms with Crippen molar-refractivity contribution in [2.45, 2.75) is 6.54 Å². The smallest absolute Gasteiger partial charge is 0.337 e. The van der Waals surface area contributed by atoms with Crippen LogP contribution in [0.2, 0.25) is 0 Å². The summed E-state index contributed by atoms with van der Waals surface area (Å²) in [6.07, 6.45) is 2.94. The zero-order valence-electron chi connectivity index (χ0n) is 15.6. The molecule has 1 aromatic heterocycles. The molecule has 3 rings (SSSR count). The van der Waals surface area contributed by atoms with E-state index in [2.05, 4.69) is 20.0 Å². The molecule has 0 saturated carbocycles. The van der Waals surface area contributed by atoms with Crippen LogP contribution in [0.15, 0.2) is 67.0 Å². The van der Waals surface area contributed by atoms with Crippen molar-refractivity contribution in [3.63, 3.8) is 0 Å². The lowest BCUT2D eigenvalue weighted by Gasteiger charge is -2.16. The largest absolute Gasteiger partial charge is 0.465 e. The molecule has 0 aliphatic carbocycles. The summed E-state index contributed by atoms with van der Waals surface area (Å²) < 4.78 is 4.67. The second kappa shape index (κ2) is 8.77. The lowest BCUT2D eigenvalue weighted by molar-refractivity contribution is 0.0600. The van der Waals surface area contributed by atoms with Gasteiger partial charge in [0.05, 0.1) is 25.1 Å². The molecule has 0 aliphatic rings. The molecule has 1 amide bonds. The molecule has 1 N–H and O–H groups in total. The summed E-state index contributed by atoms with van der Waals surface area (Å²) in [5, 5.41) is 3.07. The minimum atomic E-state index is -0.395. The van der Waals surface area contributed by atoms with Gasteiger partial charge in [0.1, 0.15) is 11.5 Å². The van der Waals surface area contributed by atoms with Crippen LogP contribution in [0.25, 0.3) is 0 Å². The minimum Gasteiger partial charge on any atom is -0.465 e. The Morgan fingerprint density at radius 2 is 1.71 bits per heavy atom. The van der Waals surface area contributed by atoms with Gasteiger partial charge in [-0.2, -0.15) is 0 Å². The van der Waals surface area contributed by atoms with E-state index in [4.69, 9.17) is 0 Å². The Morgan fingerprint density at radius 3 is 2.32 bits per heavy atom. The fourth-order valence-corrected chi connectivity index (χ4v) is 2.58. The van der Waals surface area contributed by atoms with E-state index in [1.807, 2.05) is 30.3 Å². The molecule has 0 bridgehead atoms. The number of methoxy groups -OCH3 is 1. The van der Waals surface area contributed by atoms with Gasteiger partial charge in [0.15, 0.2) is 0 Å². The Balaban J connectivity index is 1.62. The van der Waals surface area contributed by atoms with E-state index in [1.54, 1.807) is 36.2 Å². The molecular weight excluding hydrogens is 356 g/mol. The highest BCUT2D eigenvalue weighted by atomic mass is 16.5. The number of nitrogens with one attached hydrogen (secondary N) is 1. The normalized spacial score (nSPS) is 10.2. The van der Waals surface area contributed by atoms with Crippen molar-refractivity contribution in [1.82, 2.24) is 14.9 Å². The van der Waals surface area contributed by atoms with Crippen molar-refractivity contribution in [2.24, 2.45) is 0 Å². The van der Waals surface area contributed by atoms with Crippen molar-refractivity contribution in [3.8, 4) is 0 Å². The maximum absolute atomic E-state index is 12.5. The topological polar surface area (TPSA) is 84.4 Å². The number of rotatable bonds is 6. The molecule has 2 aromatic carbocycles. The van der Waals surface area contributed by atoms with Crippen LogP contribution in [0, 0.1) is 0 Å². The van der Waals surface area contributed by atoms with Crippen LogP contribution in [0.1, 0.15) is 26.4 Å². The molecule has 0 radical (unpaired) electrons. The number of benzene rings is 2. The van der Waals surface area contributed by atoms with Gasteiger partial charge in [-0.1, -0.05) is 30.3 Å². The molecule has 7 nitrogen and oxygen atoms in total. The molecule has 0 aliphatic heterocycles. The van der Waals surface area contributed by atoms with Gasteiger partial charge < -0.3 is 15.0 Å². The Bertz CT molecular complexity index is 942. The average molecular weight is 376 g/mol. The quantitative estimate of drug-likeness (QED) is 0.665. The first kappa shape index (κ1) is 19.0. The predicted octanol–water partition coefficient (Wildman–Crippen LogP) is 3.28. The number of amides is 1. The lowest BCUT2D eigenvalue weighted by Crippen LogP contribution is -2.27. The van der Waals surface area contributed by atoms with Gasteiger partial charge in [-0.05, 0) is 29.8 Å². The van der Waals surface area contributed by atoms with Gasteiger partial charge in [0.2, 0.25) is 0 Å². The third-order valence-electron chi connectivity index (χ3n) is 4.06. The van der Waals surface area contributed by atoms with Gasteiger partial charge in [0, 0.05) is 19.3 Å². The second-order valence-electron chi connectivity index (χ2n) is 6.13. The summed E-state index contributed by atoms with van der Waals surface area (Å²) in [5.74, 6) is -0.104. The van der Waals surface area contributed by atoms with Crippen molar-refractivity contribution < 1.29 is 14.3 Å². The number of carbonyl (C=O) groups excluding carboxylic acids is 2. The first-order chi connectivity index (χ1) is 13.6. The molecule has 0 unspecified atom stereocenters. The van der Waals surface area contributed by atoms with E-state index in [0.717, 1.165) is 11.3 Å². The van der Waals surface area contributed by atoms with E-state index in [0.29, 0.717) is 17.9 Å². The second-order valence-corrected chi connectivity index (χ2v) is 6.13. The summed E-state index contributed by atoms with van der Waals surface area (Å²) in [6, 6.07) is 16.5. The molecule has 7 heteroatoms. The zero-order chi connectivity index (χ0) is 19.9. The number of esters is 1. The van der Waals surface area contributed by atoms with Crippen molar-refractivity contribution >= 4 is 23.4 Å². The number of hydrogen-bond donors (Lipinski definition) is 1. The fourth-order valence-electron chi connectivity index (χ4n) is 2.58. The first-order valence-corrected chi connectivity index (χ1v) is 8.63. The highest BCUT2D eigenvalue weighted by molar-refractivity contribution is 5.92. The van der Waals surface area contributed by atoms with Crippen LogP contribution in [0.4, 0.5) is 11.5 Å². The molecule has 1 heterocycles. The monoisotopic (exact) mass is 376 g/mol. The van der Waals surface area contributed by atoms with Gasteiger partial charge in [-0.25, -0.2) is 14.8 Å². The highest BCUT2D eigenvalue weighted by Gasteiger charge is 2.14. The SMILES string of the molecule is COC(=O)c1ccc(Nc2cnc(C(=O)N(C)Cc3ccccc3)cn2)cc1. The molecule has 3 aromatic rings. The van der Waals surface area contributed by atoms with E-state index in [-0.39, 0.29) is 11.6 Å². The number of nitrogens with zero attached hydrogens (tertiary/aromatic N) is 3. The predicted molar refractivity (Wildman–Crippen MR) is 105 cm³/mol. The van der Waals surface area contributed by atoms with E-state index >= 15 is 0 Å². The van der Waals surface area contributed by atoms with Crippen LogP contribution in [0.3, 0.4) is 0 Å². The zero-order valence-corrected chi connectivity index (χ0v) is 15.6. The number of anilines is 2. The van der Waals surface area contributed by atoms with Gasteiger partial charge in [-0.15, -0.1) is 0 Å². The highest BCUT2D eigenvalue weighted by Crippen LogP contribution is 2.15. The molecule has 0 saturated heterocycles. The summed E-state index contributed by atoms with van der Waals surface area (Å²) >= 11 is 0. The van der Waals surface area contributed by atoms with Crippen molar-refractivity contribution in [2.75, 3.05) is 19.5 Å². The third-order valence-corrected chi connectivity index (χ3v) is 4.06. The van der Waals surface area contributed by atoms with Gasteiger partial charge >= 0.3 is 5.97 Å². The van der Waals surface area contributed by atoms with Crippen LogP contribution < -0.4 is 5.32 Å². The van der Waals surface area contributed by atoms with Crippen LogP contribution in [0.5, 0.6) is 0 Å². The van der Waals surface area contributed by atoms with E-state index < -0.39 is 5.97 Å². The van der Waals surface area contributed by atoms with E-state index in [1.165, 1.54) is 19.5 Å². The molecular formula is C21H20N4O3.